The lowest BCUT2D eigenvalue weighted by Crippen LogP contribution is -2.07. The van der Waals surface area contributed by atoms with Crippen molar-refractivity contribution in [3.8, 4) is 11.5 Å². The molecule has 0 aromatic heterocycles. The number of benzene rings is 1. The van der Waals surface area contributed by atoms with E-state index in [4.69, 9.17) is 15.2 Å². The molecule has 0 amide bonds. The quantitative estimate of drug-likeness (QED) is 0.844. The van der Waals surface area contributed by atoms with Gasteiger partial charge in [-0.2, -0.15) is 0 Å². The molecule has 0 aliphatic carbocycles. The molecule has 1 heterocycles. The van der Waals surface area contributed by atoms with Crippen molar-refractivity contribution >= 4 is 15.9 Å². The molecule has 0 saturated heterocycles. The van der Waals surface area contributed by atoms with Crippen molar-refractivity contribution in [2.45, 2.75) is 13.0 Å². The van der Waals surface area contributed by atoms with Crippen molar-refractivity contribution in [1.82, 2.24) is 0 Å². The molecule has 76 valence electrons. The minimum Gasteiger partial charge on any atom is -0.454 e. The highest BCUT2D eigenvalue weighted by molar-refractivity contribution is 9.10. The fourth-order valence-electron chi connectivity index (χ4n) is 1.33. The zero-order chi connectivity index (χ0) is 10.3. The van der Waals surface area contributed by atoms with Crippen LogP contribution in [0, 0.1) is 5.82 Å². The zero-order valence-corrected chi connectivity index (χ0v) is 9.10. The minimum atomic E-state index is -0.385. The van der Waals surface area contributed by atoms with Crippen molar-refractivity contribution in [2.75, 3.05) is 6.79 Å². The third kappa shape index (κ3) is 1.36. The van der Waals surface area contributed by atoms with Gasteiger partial charge in [-0.3, -0.25) is 0 Å². The lowest BCUT2D eigenvalue weighted by Gasteiger charge is -2.10. The van der Waals surface area contributed by atoms with Gasteiger partial charge in [-0.25, -0.2) is 4.39 Å². The maximum atomic E-state index is 13.6. The Kier molecular flexibility index (Phi) is 2.36. The van der Waals surface area contributed by atoms with E-state index >= 15 is 0 Å². The van der Waals surface area contributed by atoms with Crippen LogP contribution in [0.3, 0.4) is 0 Å². The number of nitrogens with two attached hydrogens (primary N) is 1. The molecule has 1 aliphatic heterocycles. The summed E-state index contributed by atoms with van der Waals surface area (Å²) in [6, 6.07) is 1.20. The maximum absolute atomic E-state index is 13.6. The van der Waals surface area contributed by atoms with Gasteiger partial charge in [0.25, 0.3) is 0 Å². The molecule has 1 unspecified atom stereocenters. The molecule has 1 aliphatic rings. The average molecular weight is 262 g/mol. The summed E-state index contributed by atoms with van der Waals surface area (Å²) in [7, 11) is 0. The SMILES string of the molecule is CC(N)c1cc2c(c(Br)c1F)OCO2. The van der Waals surface area contributed by atoms with Crippen LogP contribution in [-0.2, 0) is 0 Å². The number of hydrogen-bond acceptors (Lipinski definition) is 3. The van der Waals surface area contributed by atoms with Crippen LogP contribution >= 0.6 is 15.9 Å². The van der Waals surface area contributed by atoms with Crippen molar-refractivity contribution < 1.29 is 13.9 Å². The van der Waals surface area contributed by atoms with Crippen molar-refractivity contribution in [3.63, 3.8) is 0 Å². The van der Waals surface area contributed by atoms with Gasteiger partial charge >= 0.3 is 0 Å². The maximum Gasteiger partial charge on any atom is 0.231 e. The van der Waals surface area contributed by atoms with Gasteiger partial charge < -0.3 is 15.2 Å². The van der Waals surface area contributed by atoms with Crippen molar-refractivity contribution in [3.05, 3.63) is 21.9 Å². The fourth-order valence-corrected chi connectivity index (χ4v) is 1.87. The van der Waals surface area contributed by atoms with E-state index in [1.165, 1.54) is 0 Å². The summed E-state index contributed by atoms with van der Waals surface area (Å²) in [6.07, 6.45) is 0. The van der Waals surface area contributed by atoms with E-state index in [2.05, 4.69) is 15.9 Å². The smallest absolute Gasteiger partial charge is 0.231 e. The summed E-state index contributed by atoms with van der Waals surface area (Å²) < 4.78 is 24.2. The first kappa shape index (κ1) is 9.73. The molecule has 5 heteroatoms. The van der Waals surface area contributed by atoms with Crippen LogP contribution in [0.1, 0.15) is 18.5 Å². The molecule has 3 nitrogen and oxygen atoms in total. The van der Waals surface area contributed by atoms with Crippen LogP contribution in [-0.4, -0.2) is 6.79 Å². The van der Waals surface area contributed by atoms with E-state index in [0.29, 0.717) is 17.1 Å². The second kappa shape index (κ2) is 3.40. The molecule has 1 aromatic rings. The van der Waals surface area contributed by atoms with Crippen LogP contribution in [0.2, 0.25) is 0 Å². The molecule has 0 radical (unpaired) electrons. The second-order valence-corrected chi connectivity index (χ2v) is 3.91. The standard InChI is InChI=1S/C9H9BrFNO2/c1-4(12)5-2-6-9(14-3-13-6)7(10)8(5)11/h2,4H,3,12H2,1H3. The number of ether oxygens (including phenoxy) is 2. The molecule has 2 rings (SSSR count). The van der Waals surface area contributed by atoms with Gasteiger partial charge in [0.1, 0.15) is 5.82 Å². The van der Waals surface area contributed by atoms with Crippen molar-refractivity contribution in [2.24, 2.45) is 5.73 Å². The molecule has 1 atom stereocenters. The minimum absolute atomic E-state index is 0.121. The van der Waals surface area contributed by atoms with Crippen LogP contribution in [0.25, 0.3) is 0 Å². The monoisotopic (exact) mass is 261 g/mol. The number of halogens is 2. The Morgan fingerprint density at radius 1 is 1.57 bits per heavy atom. The Morgan fingerprint density at radius 3 is 2.93 bits per heavy atom. The summed E-state index contributed by atoms with van der Waals surface area (Å²) in [5, 5.41) is 0. The summed E-state index contributed by atoms with van der Waals surface area (Å²) in [6.45, 7) is 1.84. The summed E-state index contributed by atoms with van der Waals surface area (Å²) in [5.74, 6) is 0.557. The Hall–Kier alpha value is -0.810. The largest absolute Gasteiger partial charge is 0.454 e. The van der Waals surface area contributed by atoms with E-state index in [1.54, 1.807) is 13.0 Å². The first-order chi connectivity index (χ1) is 6.61. The van der Waals surface area contributed by atoms with Gasteiger partial charge in [0.05, 0.1) is 4.47 Å². The predicted molar refractivity (Wildman–Crippen MR) is 52.8 cm³/mol. The first-order valence-electron chi connectivity index (χ1n) is 4.14. The molecule has 0 saturated carbocycles. The highest BCUT2D eigenvalue weighted by atomic mass is 79.9. The van der Waals surface area contributed by atoms with Crippen LogP contribution in [0.5, 0.6) is 11.5 Å². The Bertz CT molecular complexity index is 382. The average Bonchev–Trinajstić information content (AvgIpc) is 2.58. The first-order valence-corrected chi connectivity index (χ1v) is 4.93. The Labute approximate surface area is 89.1 Å². The third-order valence-corrected chi connectivity index (χ3v) is 2.77. The van der Waals surface area contributed by atoms with Gasteiger partial charge in [0.15, 0.2) is 11.5 Å². The van der Waals surface area contributed by atoms with E-state index in [1.807, 2.05) is 0 Å². The van der Waals surface area contributed by atoms with Crippen molar-refractivity contribution in [1.29, 1.82) is 0 Å². The van der Waals surface area contributed by atoms with E-state index in [-0.39, 0.29) is 23.1 Å². The summed E-state index contributed by atoms with van der Waals surface area (Å²) >= 11 is 3.11. The number of rotatable bonds is 1. The van der Waals surface area contributed by atoms with Crippen LogP contribution in [0.15, 0.2) is 10.5 Å². The van der Waals surface area contributed by atoms with Gasteiger partial charge in [-0.05, 0) is 28.9 Å². The highest BCUT2D eigenvalue weighted by Gasteiger charge is 2.24. The molecule has 2 N–H and O–H groups in total. The summed E-state index contributed by atoms with van der Waals surface area (Å²) in [4.78, 5) is 0. The number of hydrogen-bond donors (Lipinski definition) is 1. The molecule has 0 fully saturated rings. The highest BCUT2D eigenvalue weighted by Crippen LogP contribution is 2.43. The third-order valence-electron chi connectivity index (χ3n) is 2.06. The molecule has 1 aromatic carbocycles. The van der Waals surface area contributed by atoms with Gasteiger partial charge in [0.2, 0.25) is 6.79 Å². The zero-order valence-electron chi connectivity index (χ0n) is 7.51. The van der Waals surface area contributed by atoms with E-state index in [9.17, 15) is 4.39 Å². The molecule has 0 spiro atoms. The second-order valence-electron chi connectivity index (χ2n) is 3.12. The summed E-state index contributed by atoms with van der Waals surface area (Å²) in [5.41, 5.74) is 6.04. The van der Waals surface area contributed by atoms with Crippen LogP contribution < -0.4 is 15.2 Å². The van der Waals surface area contributed by atoms with E-state index < -0.39 is 0 Å². The molecule has 0 bridgehead atoms. The molecular formula is C9H9BrFNO2. The van der Waals surface area contributed by atoms with Crippen LogP contribution in [0.4, 0.5) is 4.39 Å². The predicted octanol–water partition coefficient (Wildman–Crippen LogP) is 2.34. The topological polar surface area (TPSA) is 44.5 Å². The number of fused-ring (bicyclic) bond motifs is 1. The Morgan fingerprint density at radius 2 is 2.29 bits per heavy atom. The Balaban J connectivity index is 2.61. The lowest BCUT2D eigenvalue weighted by molar-refractivity contribution is 0.173. The molecular weight excluding hydrogens is 253 g/mol. The lowest BCUT2D eigenvalue weighted by atomic mass is 10.1. The van der Waals surface area contributed by atoms with Gasteiger partial charge in [-0.15, -0.1) is 0 Å². The molecule has 14 heavy (non-hydrogen) atoms. The van der Waals surface area contributed by atoms with Gasteiger partial charge in [0, 0.05) is 11.6 Å². The normalized spacial score (nSPS) is 15.7. The van der Waals surface area contributed by atoms with E-state index in [0.717, 1.165) is 0 Å². The van der Waals surface area contributed by atoms with Gasteiger partial charge in [-0.1, -0.05) is 0 Å². The fraction of sp³-hybridized carbons (Fsp3) is 0.333.